The maximum absolute atomic E-state index is 10.9. The van der Waals surface area contributed by atoms with Crippen LogP contribution in [0, 0.1) is 5.92 Å². The number of nitrogens with one attached hydrogen (secondary N) is 1. The van der Waals surface area contributed by atoms with Crippen molar-refractivity contribution in [3.8, 4) is 5.75 Å². The Morgan fingerprint density at radius 1 is 1.62 bits per heavy atom. The molecular formula is C11H15BrN2O2. The fraction of sp³-hybridized carbons (Fsp3) is 0.364. The summed E-state index contributed by atoms with van der Waals surface area (Å²) in [6.07, 6.45) is 0. The molecule has 0 bridgehead atoms. The highest BCUT2D eigenvalue weighted by atomic mass is 79.9. The van der Waals surface area contributed by atoms with Gasteiger partial charge in [-0.25, -0.2) is 0 Å². The Morgan fingerprint density at radius 2 is 2.31 bits per heavy atom. The molecule has 4 nitrogen and oxygen atoms in total. The second-order valence-corrected chi connectivity index (χ2v) is 4.44. The first-order chi connectivity index (χ1) is 7.54. The van der Waals surface area contributed by atoms with Gasteiger partial charge < -0.3 is 15.8 Å². The monoisotopic (exact) mass is 286 g/mol. The number of ether oxygens (including phenoxy) is 1. The van der Waals surface area contributed by atoms with Crippen LogP contribution < -0.4 is 15.8 Å². The molecule has 0 aliphatic heterocycles. The summed E-state index contributed by atoms with van der Waals surface area (Å²) in [6, 6.07) is 5.63. The van der Waals surface area contributed by atoms with Gasteiger partial charge in [0, 0.05) is 11.0 Å². The third kappa shape index (κ3) is 3.41. The first kappa shape index (κ1) is 12.8. The van der Waals surface area contributed by atoms with Crippen LogP contribution in [0.25, 0.3) is 0 Å². The number of rotatable bonds is 5. The lowest BCUT2D eigenvalue weighted by Gasteiger charge is -2.13. The number of nitrogens with two attached hydrogens (primary N) is 1. The number of anilines is 1. The third-order valence-corrected chi connectivity index (χ3v) is 2.74. The van der Waals surface area contributed by atoms with Crippen molar-refractivity contribution in [1.29, 1.82) is 0 Å². The van der Waals surface area contributed by atoms with E-state index in [2.05, 4.69) is 21.2 Å². The fourth-order valence-electron chi connectivity index (χ4n) is 1.18. The fourth-order valence-corrected chi connectivity index (χ4v) is 1.54. The molecule has 16 heavy (non-hydrogen) atoms. The van der Waals surface area contributed by atoms with Gasteiger partial charge >= 0.3 is 0 Å². The van der Waals surface area contributed by atoms with Crippen molar-refractivity contribution in [2.24, 2.45) is 11.7 Å². The minimum atomic E-state index is -0.318. The Labute approximate surface area is 103 Å². The Morgan fingerprint density at radius 3 is 2.88 bits per heavy atom. The summed E-state index contributed by atoms with van der Waals surface area (Å²) in [5.41, 5.74) is 6.02. The Hall–Kier alpha value is -1.23. The molecule has 0 aliphatic carbocycles. The van der Waals surface area contributed by atoms with Gasteiger partial charge in [-0.3, -0.25) is 4.79 Å². The predicted molar refractivity (Wildman–Crippen MR) is 67.5 cm³/mol. The van der Waals surface area contributed by atoms with Crippen molar-refractivity contribution in [2.45, 2.75) is 6.92 Å². The molecule has 1 aromatic carbocycles. The predicted octanol–water partition coefficient (Wildman–Crippen LogP) is 1.99. The van der Waals surface area contributed by atoms with Crippen LogP contribution in [0.2, 0.25) is 0 Å². The summed E-state index contributed by atoms with van der Waals surface area (Å²) in [7, 11) is 1.60. The molecule has 1 rings (SSSR count). The van der Waals surface area contributed by atoms with Gasteiger partial charge in [0.2, 0.25) is 5.91 Å². The van der Waals surface area contributed by atoms with Crippen LogP contribution in [-0.2, 0) is 4.79 Å². The van der Waals surface area contributed by atoms with Gasteiger partial charge in [0.1, 0.15) is 5.75 Å². The van der Waals surface area contributed by atoms with Crippen LogP contribution in [0.1, 0.15) is 6.92 Å². The molecule has 5 heteroatoms. The van der Waals surface area contributed by atoms with Crippen LogP contribution in [0.4, 0.5) is 5.69 Å². The second-order valence-electron chi connectivity index (χ2n) is 3.53. The van der Waals surface area contributed by atoms with Crippen LogP contribution in [0.5, 0.6) is 5.75 Å². The Kier molecular flexibility index (Phi) is 4.61. The molecule has 3 N–H and O–H groups in total. The first-order valence-corrected chi connectivity index (χ1v) is 5.70. The smallest absolute Gasteiger partial charge is 0.222 e. The lowest BCUT2D eigenvalue weighted by molar-refractivity contribution is -0.120. The summed E-state index contributed by atoms with van der Waals surface area (Å²) in [6.45, 7) is 2.27. The zero-order valence-corrected chi connectivity index (χ0v) is 10.9. The molecule has 0 radical (unpaired) electrons. The molecule has 1 amide bonds. The number of benzene rings is 1. The highest BCUT2D eigenvalue weighted by molar-refractivity contribution is 9.10. The molecule has 0 fully saturated rings. The lowest BCUT2D eigenvalue weighted by atomic mass is 10.1. The summed E-state index contributed by atoms with van der Waals surface area (Å²) >= 11 is 3.37. The number of primary amides is 1. The van der Waals surface area contributed by atoms with Gasteiger partial charge in [-0.05, 0) is 18.2 Å². The summed E-state index contributed by atoms with van der Waals surface area (Å²) < 4.78 is 6.14. The standard InChI is InChI=1S/C11H15BrN2O2/c1-7(11(13)15)6-14-9-5-8(12)3-4-10(9)16-2/h3-5,7,14H,6H2,1-2H3,(H2,13,15). The van der Waals surface area contributed by atoms with Crippen LogP contribution in [0.3, 0.4) is 0 Å². The molecule has 0 aromatic heterocycles. The molecule has 0 heterocycles. The molecule has 0 aliphatic rings. The molecule has 0 saturated carbocycles. The zero-order chi connectivity index (χ0) is 12.1. The van der Waals surface area contributed by atoms with Crippen molar-refractivity contribution in [3.05, 3.63) is 22.7 Å². The normalized spacial score (nSPS) is 11.9. The largest absolute Gasteiger partial charge is 0.495 e. The van der Waals surface area contributed by atoms with Gasteiger partial charge in [0.15, 0.2) is 0 Å². The third-order valence-electron chi connectivity index (χ3n) is 2.25. The molecule has 1 unspecified atom stereocenters. The van der Waals surface area contributed by atoms with Crippen molar-refractivity contribution < 1.29 is 9.53 Å². The second kappa shape index (κ2) is 5.75. The first-order valence-electron chi connectivity index (χ1n) is 4.91. The Bertz CT molecular complexity index is 382. The highest BCUT2D eigenvalue weighted by Gasteiger charge is 2.10. The number of methoxy groups -OCH3 is 1. The van der Waals surface area contributed by atoms with E-state index in [1.165, 1.54) is 0 Å². The van der Waals surface area contributed by atoms with E-state index in [4.69, 9.17) is 10.5 Å². The van der Waals surface area contributed by atoms with E-state index in [1.807, 2.05) is 18.2 Å². The topological polar surface area (TPSA) is 64.3 Å². The lowest BCUT2D eigenvalue weighted by Crippen LogP contribution is -2.26. The number of amides is 1. The van der Waals surface area contributed by atoms with Crippen molar-refractivity contribution in [3.63, 3.8) is 0 Å². The van der Waals surface area contributed by atoms with Crippen molar-refractivity contribution in [1.82, 2.24) is 0 Å². The average molecular weight is 287 g/mol. The van der Waals surface area contributed by atoms with Gasteiger partial charge in [-0.15, -0.1) is 0 Å². The minimum Gasteiger partial charge on any atom is -0.495 e. The van der Waals surface area contributed by atoms with Crippen LogP contribution >= 0.6 is 15.9 Å². The van der Waals surface area contributed by atoms with E-state index in [-0.39, 0.29) is 11.8 Å². The summed E-state index contributed by atoms with van der Waals surface area (Å²) in [5.74, 6) is 0.199. The van der Waals surface area contributed by atoms with Gasteiger partial charge in [-0.2, -0.15) is 0 Å². The van der Waals surface area contributed by atoms with Crippen LogP contribution in [0.15, 0.2) is 22.7 Å². The van der Waals surface area contributed by atoms with Gasteiger partial charge in [0.25, 0.3) is 0 Å². The quantitative estimate of drug-likeness (QED) is 0.870. The van der Waals surface area contributed by atoms with Gasteiger partial charge in [0.05, 0.1) is 18.7 Å². The van der Waals surface area contributed by atoms with E-state index in [0.717, 1.165) is 15.9 Å². The summed E-state index contributed by atoms with van der Waals surface area (Å²) in [4.78, 5) is 10.9. The van der Waals surface area contributed by atoms with E-state index in [1.54, 1.807) is 14.0 Å². The van der Waals surface area contributed by atoms with Gasteiger partial charge in [-0.1, -0.05) is 22.9 Å². The molecule has 1 atom stereocenters. The summed E-state index contributed by atoms with van der Waals surface area (Å²) in [5, 5.41) is 3.13. The molecular weight excluding hydrogens is 272 g/mol. The number of carbonyl (C=O) groups excluding carboxylic acids is 1. The number of halogens is 1. The van der Waals surface area contributed by atoms with Crippen molar-refractivity contribution >= 4 is 27.5 Å². The van der Waals surface area contributed by atoms with E-state index >= 15 is 0 Å². The molecule has 0 spiro atoms. The number of carbonyl (C=O) groups is 1. The maximum Gasteiger partial charge on any atom is 0.222 e. The number of hydrogen-bond acceptors (Lipinski definition) is 3. The average Bonchev–Trinajstić information content (AvgIpc) is 2.25. The van der Waals surface area contributed by atoms with E-state index < -0.39 is 0 Å². The number of hydrogen-bond donors (Lipinski definition) is 2. The SMILES string of the molecule is COc1ccc(Br)cc1NCC(C)C(N)=O. The molecule has 0 saturated heterocycles. The highest BCUT2D eigenvalue weighted by Crippen LogP contribution is 2.27. The zero-order valence-electron chi connectivity index (χ0n) is 9.29. The minimum absolute atomic E-state index is 0.219. The molecule has 88 valence electrons. The van der Waals surface area contributed by atoms with E-state index in [9.17, 15) is 4.79 Å². The van der Waals surface area contributed by atoms with Crippen molar-refractivity contribution in [2.75, 3.05) is 19.0 Å². The maximum atomic E-state index is 10.9. The van der Waals surface area contributed by atoms with E-state index in [0.29, 0.717) is 6.54 Å². The Balaban J connectivity index is 2.72. The van der Waals surface area contributed by atoms with Crippen LogP contribution in [-0.4, -0.2) is 19.6 Å². The molecule has 1 aromatic rings.